The van der Waals surface area contributed by atoms with Crippen LogP contribution in [0.15, 0.2) is 83.8 Å². The van der Waals surface area contributed by atoms with Crippen molar-refractivity contribution in [3.8, 4) is 5.75 Å². The number of amides is 2. The van der Waals surface area contributed by atoms with Crippen LogP contribution in [0, 0.1) is 0 Å². The van der Waals surface area contributed by atoms with Crippen LogP contribution in [-0.4, -0.2) is 50.9 Å². The van der Waals surface area contributed by atoms with E-state index < -0.39 is 28.5 Å². The molecule has 8 nitrogen and oxygen atoms in total. The van der Waals surface area contributed by atoms with Gasteiger partial charge in [-0.2, -0.15) is 0 Å². The van der Waals surface area contributed by atoms with Crippen LogP contribution in [0.1, 0.15) is 44.6 Å². The average molecular weight is 598 g/mol. The highest BCUT2D eigenvalue weighted by Crippen LogP contribution is 2.26. The minimum absolute atomic E-state index is 0.00310. The van der Waals surface area contributed by atoms with Crippen LogP contribution >= 0.6 is 11.6 Å². The Labute approximate surface area is 247 Å². The molecule has 1 aliphatic rings. The third-order valence-electron chi connectivity index (χ3n) is 7.36. The standard InChI is InChI=1S/C31H36ClN3O5S/c1-23(31(37)33-26-9-5-3-6-10-26)34(21-24-13-17-28(40-2)18-14-24)30(36)22-35(27-11-7-4-8-12-27)41(38,39)29-19-15-25(32)16-20-29/h4,7-8,11-20,23,26H,3,5-6,9-10,21-22H2,1-2H3,(H,33,37). The summed E-state index contributed by atoms with van der Waals surface area (Å²) in [5.41, 5.74) is 1.11. The fraction of sp³-hybridized carbons (Fsp3) is 0.355. The van der Waals surface area contributed by atoms with E-state index in [4.69, 9.17) is 16.3 Å². The van der Waals surface area contributed by atoms with Crippen molar-refractivity contribution in [2.24, 2.45) is 0 Å². The lowest BCUT2D eigenvalue weighted by Gasteiger charge is -2.33. The number of nitrogens with one attached hydrogen (secondary N) is 1. The third kappa shape index (κ3) is 7.80. The second-order valence-corrected chi connectivity index (χ2v) is 12.5. The van der Waals surface area contributed by atoms with Crippen LogP contribution in [0.2, 0.25) is 5.02 Å². The van der Waals surface area contributed by atoms with E-state index in [1.807, 2.05) is 12.1 Å². The molecule has 1 atom stereocenters. The zero-order chi connectivity index (χ0) is 29.4. The smallest absolute Gasteiger partial charge is 0.264 e. The summed E-state index contributed by atoms with van der Waals surface area (Å²) >= 11 is 6.00. The number of benzene rings is 3. The summed E-state index contributed by atoms with van der Waals surface area (Å²) in [6.45, 7) is 1.30. The molecule has 1 unspecified atom stereocenters. The first-order chi connectivity index (χ1) is 19.7. The first-order valence-electron chi connectivity index (χ1n) is 13.7. The second-order valence-electron chi connectivity index (χ2n) is 10.2. The van der Waals surface area contributed by atoms with Gasteiger partial charge in [0.25, 0.3) is 10.0 Å². The summed E-state index contributed by atoms with van der Waals surface area (Å²) in [6.07, 6.45) is 5.09. The molecule has 3 aromatic rings. The quantitative estimate of drug-likeness (QED) is 0.319. The number of hydrogen-bond donors (Lipinski definition) is 1. The highest BCUT2D eigenvalue weighted by molar-refractivity contribution is 7.92. The van der Waals surface area contributed by atoms with E-state index in [0.717, 1.165) is 42.0 Å². The van der Waals surface area contributed by atoms with Gasteiger partial charge in [0.1, 0.15) is 18.3 Å². The van der Waals surface area contributed by atoms with Crippen molar-refractivity contribution in [2.75, 3.05) is 18.0 Å². The fourth-order valence-electron chi connectivity index (χ4n) is 4.94. The Balaban J connectivity index is 1.65. The van der Waals surface area contributed by atoms with Gasteiger partial charge in [-0.1, -0.05) is 61.2 Å². The van der Waals surface area contributed by atoms with Crippen molar-refractivity contribution in [2.45, 2.75) is 62.6 Å². The summed E-state index contributed by atoms with van der Waals surface area (Å²) in [4.78, 5) is 28.8. The summed E-state index contributed by atoms with van der Waals surface area (Å²) in [6, 6.07) is 20.7. The van der Waals surface area contributed by atoms with E-state index in [-0.39, 0.29) is 23.4 Å². The van der Waals surface area contributed by atoms with E-state index in [1.165, 1.54) is 29.2 Å². The van der Waals surface area contributed by atoms with Crippen LogP contribution in [0.3, 0.4) is 0 Å². The van der Waals surface area contributed by atoms with Gasteiger partial charge in [0.15, 0.2) is 0 Å². The van der Waals surface area contributed by atoms with Crippen LogP contribution in [0.5, 0.6) is 5.75 Å². The molecule has 4 rings (SSSR count). The molecule has 2 amide bonds. The summed E-state index contributed by atoms with van der Waals surface area (Å²) in [5.74, 6) is -0.0990. The number of para-hydroxylation sites is 1. The van der Waals surface area contributed by atoms with Crippen molar-refractivity contribution in [3.05, 3.63) is 89.4 Å². The molecule has 0 radical (unpaired) electrons. The number of rotatable bonds is 11. The number of carbonyl (C=O) groups excluding carboxylic acids is 2. The Morgan fingerprint density at radius 3 is 2.20 bits per heavy atom. The van der Waals surface area contributed by atoms with E-state index >= 15 is 0 Å². The van der Waals surface area contributed by atoms with Gasteiger partial charge in [0, 0.05) is 17.6 Å². The predicted octanol–water partition coefficient (Wildman–Crippen LogP) is 5.41. The van der Waals surface area contributed by atoms with Gasteiger partial charge in [-0.3, -0.25) is 13.9 Å². The first-order valence-corrected chi connectivity index (χ1v) is 15.6. The van der Waals surface area contributed by atoms with E-state index in [2.05, 4.69) is 5.32 Å². The van der Waals surface area contributed by atoms with E-state index in [0.29, 0.717) is 16.5 Å². The van der Waals surface area contributed by atoms with Gasteiger partial charge in [0.05, 0.1) is 17.7 Å². The molecule has 0 aliphatic heterocycles. The van der Waals surface area contributed by atoms with Gasteiger partial charge < -0.3 is 15.0 Å². The minimum Gasteiger partial charge on any atom is -0.497 e. The molecule has 1 N–H and O–H groups in total. The van der Waals surface area contributed by atoms with Gasteiger partial charge in [-0.15, -0.1) is 0 Å². The zero-order valence-corrected chi connectivity index (χ0v) is 24.9. The fourth-order valence-corrected chi connectivity index (χ4v) is 6.48. The molecule has 1 fully saturated rings. The Hall–Kier alpha value is -3.56. The van der Waals surface area contributed by atoms with Crippen molar-refractivity contribution in [3.63, 3.8) is 0 Å². The SMILES string of the molecule is COc1ccc(CN(C(=O)CN(c2ccccc2)S(=O)(=O)c2ccc(Cl)cc2)C(C)C(=O)NC2CCCCC2)cc1. The average Bonchev–Trinajstić information content (AvgIpc) is 2.99. The molecule has 1 saturated carbocycles. The molecule has 41 heavy (non-hydrogen) atoms. The third-order valence-corrected chi connectivity index (χ3v) is 9.40. The predicted molar refractivity (Wildman–Crippen MR) is 160 cm³/mol. The Morgan fingerprint density at radius 1 is 0.951 bits per heavy atom. The molecule has 3 aromatic carbocycles. The number of methoxy groups -OCH3 is 1. The molecule has 1 aliphatic carbocycles. The van der Waals surface area contributed by atoms with Gasteiger partial charge in [0.2, 0.25) is 11.8 Å². The van der Waals surface area contributed by atoms with E-state index in [9.17, 15) is 18.0 Å². The number of hydrogen-bond acceptors (Lipinski definition) is 5. The highest BCUT2D eigenvalue weighted by atomic mass is 35.5. The lowest BCUT2D eigenvalue weighted by Crippen LogP contribution is -2.53. The van der Waals surface area contributed by atoms with Crippen molar-refractivity contribution in [1.82, 2.24) is 10.2 Å². The number of carbonyl (C=O) groups is 2. The molecule has 0 spiro atoms. The maximum Gasteiger partial charge on any atom is 0.264 e. The molecule has 218 valence electrons. The van der Waals surface area contributed by atoms with Crippen molar-refractivity contribution < 1.29 is 22.7 Å². The summed E-state index contributed by atoms with van der Waals surface area (Å²) < 4.78 is 34.0. The monoisotopic (exact) mass is 597 g/mol. The number of nitrogens with zero attached hydrogens (tertiary/aromatic N) is 2. The van der Waals surface area contributed by atoms with Crippen molar-refractivity contribution in [1.29, 1.82) is 0 Å². The molecule has 0 saturated heterocycles. The van der Waals surface area contributed by atoms with E-state index in [1.54, 1.807) is 56.5 Å². The number of sulfonamides is 1. The molecule has 0 bridgehead atoms. The lowest BCUT2D eigenvalue weighted by molar-refractivity contribution is -0.139. The maximum atomic E-state index is 14.0. The van der Waals surface area contributed by atoms with Crippen LogP contribution in [0.25, 0.3) is 0 Å². The number of anilines is 1. The zero-order valence-electron chi connectivity index (χ0n) is 23.3. The first kappa shape index (κ1) is 30.4. The topological polar surface area (TPSA) is 96.0 Å². The molecular formula is C31H36ClN3O5S. The highest BCUT2D eigenvalue weighted by Gasteiger charge is 2.33. The van der Waals surface area contributed by atoms with Crippen LogP contribution < -0.4 is 14.4 Å². The van der Waals surface area contributed by atoms with Gasteiger partial charge in [-0.05, 0) is 73.9 Å². The molecule has 0 heterocycles. The largest absolute Gasteiger partial charge is 0.497 e. The second kappa shape index (κ2) is 13.9. The number of halogens is 1. The molecule has 0 aromatic heterocycles. The van der Waals surface area contributed by atoms with Gasteiger partial charge >= 0.3 is 0 Å². The van der Waals surface area contributed by atoms with Gasteiger partial charge in [-0.25, -0.2) is 8.42 Å². The lowest BCUT2D eigenvalue weighted by atomic mass is 9.95. The Kier molecular flexibility index (Phi) is 10.3. The molecular weight excluding hydrogens is 562 g/mol. The van der Waals surface area contributed by atoms with Crippen molar-refractivity contribution >= 4 is 39.1 Å². The summed E-state index contributed by atoms with van der Waals surface area (Å²) in [5, 5.41) is 3.51. The van der Waals surface area contributed by atoms with Crippen LogP contribution in [0.4, 0.5) is 5.69 Å². The maximum absolute atomic E-state index is 14.0. The molecule has 10 heteroatoms. The Morgan fingerprint density at radius 2 is 1.59 bits per heavy atom. The van der Waals surface area contributed by atoms with Crippen LogP contribution in [-0.2, 0) is 26.2 Å². The summed E-state index contributed by atoms with van der Waals surface area (Å²) in [7, 11) is -2.57. The normalized spacial score (nSPS) is 14.6. The minimum atomic E-state index is -4.14. The number of ether oxygens (including phenoxy) is 1. The Bertz CT molecular complexity index is 1410.